The van der Waals surface area contributed by atoms with E-state index < -0.39 is 5.60 Å². The lowest BCUT2D eigenvalue weighted by Crippen LogP contribution is -2.47. The van der Waals surface area contributed by atoms with E-state index in [0.717, 1.165) is 17.1 Å². The molecule has 0 unspecified atom stereocenters. The van der Waals surface area contributed by atoms with Crippen LogP contribution in [0.25, 0.3) is 0 Å². The van der Waals surface area contributed by atoms with E-state index in [1.54, 1.807) is 19.9 Å². The molecule has 2 rings (SSSR count). The number of hydrogen-bond acceptors (Lipinski definition) is 4. The van der Waals surface area contributed by atoms with E-state index in [0.29, 0.717) is 17.9 Å². The van der Waals surface area contributed by atoms with Crippen molar-refractivity contribution in [3.05, 3.63) is 40.6 Å². The topological polar surface area (TPSA) is 92.3 Å². The maximum absolute atomic E-state index is 12.1. The van der Waals surface area contributed by atoms with Crippen LogP contribution in [0.15, 0.2) is 16.5 Å². The molecule has 0 aliphatic rings. The smallest absolute Gasteiger partial charge is 0.315 e. The summed E-state index contributed by atoms with van der Waals surface area (Å²) in [6, 6.07) is 3.37. The molecule has 0 aromatic carbocycles. The molecule has 7 heteroatoms. The summed E-state index contributed by atoms with van der Waals surface area (Å²) in [6.07, 6.45) is 0. The SMILES string of the molecule is Cc1cc(C)n(C[C@@H](C)NC(=O)NC[C@](C)(O)c2cc(C)oc2C)n1. The van der Waals surface area contributed by atoms with E-state index in [-0.39, 0.29) is 18.6 Å². The van der Waals surface area contributed by atoms with Crippen LogP contribution in [0, 0.1) is 27.7 Å². The van der Waals surface area contributed by atoms with Crippen molar-refractivity contribution in [2.24, 2.45) is 0 Å². The fourth-order valence-corrected chi connectivity index (χ4v) is 2.95. The first-order valence-corrected chi connectivity index (χ1v) is 8.44. The number of aryl methyl sites for hydroxylation is 4. The molecule has 0 saturated heterocycles. The first-order valence-electron chi connectivity index (χ1n) is 8.44. The Hall–Kier alpha value is -2.28. The number of nitrogens with zero attached hydrogens (tertiary/aromatic N) is 2. The molecule has 2 atom stereocenters. The highest BCUT2D eigenvalue weighted by atomic mass is 16.3. The molecule has 0 aliphatic heterocycles. The Morgan fingerprint density at radius 3 is 2.56 bits per heavy atom. The third-order valence-electron chi connectivity index (χ3n) is 4.14. The standard InChI is InChI=1S/C18H28N4O3/c1-11-7-13(3)22(21-11)9-12(2)20-17(23)19-10-18(6,24)16-8-14(4)25-15(16)5/h7-8,12,24H,9-10H2,1-6H3,(H2,19,20,23)/t12-,18+/m1/s1. The molecule has 2 amide bonds. The highest BCUT2D eigenvalue weighted by Gasteiger charge is 2.28. The van der Waals surface area contributed by atoms with Crippen LogP contribution < -0.4 is 10.6 Å². The third kappa shape index (κ3) is 4.85. The van der Waals surface area contributed by atoms with Crippen LogP contribution in [-0.2, 0) is 12.1 Å². The maximum Gasteiger partial charge on any atom is 0.315 e. The van der Waals surface area contributed by atoms with Gasteiger partial charge in [-0.25, -0.2) is 4.79 Å². The summed E-state index contributed by atoms with van der Waals surface area (Å²) in [5.41, 5.74) is 1.50. The Morgan fingerprint density at radius 2 is 2.04 bits per heavy atom. The second-order valence-electron chi connectivity index (χ2n) is 6.94. The van der Waals surface area contributed by atoms with Crippen molar-refractivity contribution in [2.45, 2.75) is 59.7 Å². The van der Waals surface area contributed by atoms with Crippen LogP contribution in [0.4, 0.5) is 4.79 Å². The van der Waals surface area contributed by atoms with Crippen molar-refractivity contribution in [3.8, 4) is 0 Å². The van der Waals surface area contributed by atoms with Gasteiger partial charge >= 0.3 is 6.03 Å². The Balaban J connectivity index is 1.87. The van der Waals surface area contributed by atoms with E-state index in [1.165, 1.54) is 0 Å². The molecule has 0 bridgehead atoms. The van der Waals surface area contributed by atoms with Crippen molar-refractivity contribution < 1.29 is 14.3 Å². The minimum absolute atomic E-state index is 0.0886. The van der Waals surface area contributed by atoms with Gasteiger partial charge in [-0.2, -0.15) is 5.10 Å². The van der Waals surface area contributed by atoms with Crippen LogP contribution in [-0.4, -0.2) is 33.5 Å². The highest BCUT2D eigenvalue weighted by Crippen LogP contribution is 2.26. The van der Waals surface area contributed by atoms with Gasteiger partial charge in [0.1, 0.15) is 17.1 Å². The van der Waals surface area contributed by atoms with Gasteiger partial charge in [0, 0.05) is 17.3 Å². The summed E-state index contributed by atoms with van der Waals surface area (Å²) in [7, 11) is 0. The van der Waals surface area contributed by atoms with E-state index >= 15 is 0 Å². The molecule has 0 spiro atoms. The predicted molar refractivity (Wildman–Crippen MR) is 95.5 cm³/mol. The highest BCUT2D eigenvalue weighted by molar-refractivity contribution is 5.74. The number of amides is 2. The fourth-order valence-electron chi connectivity index (χ4n) is 2.95. The van der Waals surface area contributed by atoms with Gasteiger partial charge in [0.2, 0.25) is 0 Å². The van der Waals surface area contributed by atoms with Gasteiger partial charge in [-0.05, 0) is 53.7 Å². The lowest BCUT2D eigenvalue weighted by Gasteiger charge is -2.24. The molecule has 0 aliphatic carbocycles. The average molecular weight is 348 g/mol. The van der Waals surface area contributed by atoms with Gasteiger partial charge in [-0.1, -0.05) is 0 Å². The Morgan fingerprint density at radius 1 is 1.36 bits per heavy atom. The van der Waals surface area contributed by atoms with Crippen molar-refractivity contribution in [1.82, 2.24) is 20.4 Å². The Kier molecular flexibility index (Phi) is 5.57. The third-order valence-corrected chi connectivity index (χ3v) is 4.14. The minimum Gasteiger partial charge on any atom is -0.466 e. The van der Waals surface area contributed by atoms with Gasteiger partial charge < -0.3 is 20.2 Å². The van der Waals surface area contributed by atoms with Crippen LogP contribution in [0.3, 0.4) is 0 Å². The quantitative estimate of drug-likeness (QED) is 0.747. The monoisotopic (exact) mass is 348 g/mol. The van der Waals surface area contributed by atoms with Crippen LogP contribution in [0.1, 0.15) is 42.3 Å². The van der Waals surface area contributed by atoms with Crippen molar-refractivity contribution in [3.63, 3.8) is 0 Å². The van der Waals surface area contributed by atoms with E-state index in [1.807, 2.05) is 38.4 Å². The number of aliphatic hydroxyl groups is 1. The van der Waals surface area contributed by atoms with Gasteiger partial charge in [0.05, 0.1) is 18.8 Å². The van der Waals surface area contributed by atoms with Crippen molar-refractivity contribution >= 4 is 6.03 Å². The lowest BCUT2D eigenvalue weighted by molar-refractivity contribution is 0.0577. The molecule has 0 saturated carbocycles. The number of aromatic nitrogens is 2. The molecular weight excluding hydrogens is 320 g/mol. The van der Waals surface area contributed by atoms with Gasteiger partial charge in [0.25, 0.3) is 0 Å². The molecule has 7 nitrogen and oxygen atoms in total. The minimum atomic E-state index is -1.20. The summed E-state index contributed by atoms with van der Waals surface area (Å²) in [6.45, 7) is 11.8. The number of carbonyl (C=O) groups excluding carboxylic acids is 1. The Bertz CT molecular complexity index is 746. The molecule has 0 fully saturated rings. The molecule has 2 aromatic heterocycles. The molecule has 0 radical (unpaired) electrons. The van der Waals surface area contributed by atoms with Crippen LogP contribution >= 0.6 is 0 Å². The number of rotatable bonds is 6. The summed E-state index contributed by atoms with van der Waals surface area (Å²) < 4.78 is 7.32. The second-order valence-corrected chi connectivity index (χ2v) is 6.94. The fraction of sp³-hybridized carbons (Fsp3) is 0.556. The molecule has 2 aromatic rings. The first-order chi connectivity index (χ1) is 11.6. The number of furan rings is 1. The van der Waals surface area contributed by atoms with Crippen molar-refractivity contribution in [1.29, 1.82) is 0 Å². The van der Waals surface area contributed by atoms with Gasteiger partial charge in [-0.15, -0.1) is 0 Å². The molecule has 25 heavy (non-hydrogen) atoms. The largest absolute Gasteiger partial charge is 0.466 e. The zero-order chi connectivity index (χ0) is 18.8. The molecule has 3 N–H and O–H groups in total. The van der Waals surface area contributed by atoms with E-state index in [2.05, 4.69) is 15.7 Å². The van der Waals surface area contributed by atoms with Crippen LogP contribution in [0.5, 0.6) is 0 Å². The molecule has 138 valence electrons. The number of carbonyl (C=O) groups is 1. The summed E-state index contributed by atoms with van der Waals surface area (Å²) in [5, 5.41) is 20.6. The first kappa shape index (κ1) is 19.1. The normalized spacial score (nSPS) is 14.8. The number of hydrogen-bond donors (Lipinski definition) is 3. The molecular formula is C18H28N4O3. The maximum atomic E-state index is 12.1. The van der Waals surface area contributed by atoms with Gasteiger partial charge in [0.15, 0.2) is 0 Å². The predicted octanol–water partition coefficient (Wildman–Crippen LogP) is 2.31. The van der Waals surface area contributed by atoms with E-state index in [4.69, 9.17) is 4.42 Å². The summed E-state index contributed by atoms with van der Waals surface area (Å²) >= 11 is 0. The van der Waals surface area contributed by atoms with Gasteiger partial charge in [-0.3, -0.25) is 4.68 Å². The Labute approximate surface area is 148 Å². The second kappa shape index (κ2) is 7.31. The zero-order valence-corrected chi connectivity index (χ0v) is 15.8. The zero-order valence-electron chi connectivity index (χ0n) is 15.8. The van der Waals surface area contributed by atoms with E-state index in [9.17, 15) is 9.90 Å². The van der Waals surface area contributed by atoms with Crippen molar-refractivity contribution in [2.75, 3.05) is 6.54 Å². The molecule has 2 heterocycles. The summed E-state index contributed by atoms with van der Waals surface area (Å²) in [4.78, 5) is 12.1. The number of urea groups is 1. The summed E-state index contributed by atoms with van der Waals surface area (Å²) in [5.74, 6) is 1.39. The number of nitrogens with one attached hydrogen (secondary N) is 2. The lowest BCUT2D eigenvalue weighted by atomic mass is 9.96. The van der Waals surface area contributed by atoms with Crippen LogP contribution in [0.2, 0.25) is 0 Å². The average Bonchev–Trinajstić information content (AvgIpc) is 2.98.